The number of hydrogen-bond acceptors (Lipinski definition) is 5. The molecule has 3 rings (SSSR count). The summed E-state index contributed by atoms with van der Waals surface area (Å²) in [6.07, 6.45) is 1.91. The molecule has 0 aliphatic carbocycles. The summed E-state index contributed by atoms with van der Waals surface area (Å²) >= 11 is 0. The zero-order valence-electron chi connectivity index (χ0n) is 14.1. The number of hydrogen-bond donors (Lipinski definition) is 3. The van der Waals surface area contributed by atoms with E-state index in [2.05, 4.69) is 5.32 Å². The highest BCUT2D eigenvalue weighted by molar-refractivity contribution is 6.43. The molecule has 2 aliphatic rings. The van der Waals surface area contributed by atoms with Gasteiger partial charge in [0, 0.05) is 37.4 Å². The van der Waals surface area contributed by atoms with Crippen molar-refractivity contribution in [2.24, 2.45) is 0 Å². The van der Waals surface area contributed by atoms with Gasteiger partial charge in [-0.25, -0.2) is 0 Å². The standard InChI is InChI=1S/C17H23BN2O5/c21-16(7-9-20-8-3-6-17(20)22)19-15(18(23)24)10-12-11-25-14-5-2-1-4-13(12)14/h1-2,4-5,12,15,23-24H,3,6-11H2,(H,19,21)/t12-,15?/m1/s1. The monoisotopic (exact) mass is 346 g/mol. The Morgan fingerprint density at radius 2 is 2.20 bits per heavy atom. The quantitative estimate of drug-likeness (QED) is 0.607. The third kappa shape index (κ3) is 4.32. The van der Waals surface area contributed by atoms with Crippen LogP contribution < -0.4 is 10.1 Å². The lowest BCUT2D eigenvalue weighted by Crippen LogP contribution is -2.48. The van der Waals surface area contributed by atoms with Crippen molar-refractivity contribution in [1.82, 2.24) is 10.2 Å². The minimum atomic E-state index is -1.65. The molecule has 25 heavy (non-hydrogen) atoms. The van der Waals surface area contributed by atoms with Crippen LogP contribution in [0, 0.1) is 0 Å². The predicted octanol–water partition coefficient (Wildman–Crippen LogP) is 0.0620. The third-order valence-corrected chi connectivity index (χ3v) is 4.82. The van der Waals surface area contributed by atoms with Crippen LogP contribution in [0.3, 0.4) is 0 Å². The lowest BCUT2D eigenvalue weighted by molar-refractivity contribution is -0.128. The second kappa shape index (κ2) is 7.88. The molecule has 2 aliphatic heterocycles. The fourth-order valence-corrected chi connectivity index (χ4v) is 3.44. The zero-order valence-corrected chi connectivity index (χ0v) is 14.1. The van der Waals surface area contributed by atoms with E-state index in [1.54, 1.807) is 4.90 Å². The zero-order chi connectivity index (χ0) is 17.8. The normalized spacial score (nSPS) is 20.2. The maximum atomic E-state index is 12.1. The summed E-state index contributed by atoms with van der Waals surface area (Å²) in [6, 6.07) is 7.64. The lowest BCUT2D eigenvalue weighted by atomic mass is 9.73. The van der Waals surface area contributed by atoms with Crippen LogP contribution in [-0.4, -0.2) is 59.5 Å². The maximum Gasteiger partial charge on any atom is 0.475 e. The van der Waals surface area contributed by atoms with E-state index < -0.39 is 13.1 Å². The van der Waals surface area contributed by atoms with Gasteiger partial charge in [-0.1, -0.05) is 18.2 Å². The first-order valence-corrected chi connectivity index (χ1v) is 8.69. The number of benzene rings is 1. The van der Waals surface area contributed by atoms with Crippen molar-refractivity contribution < 1.29 is 24.4 Å². The van der Waals surface area contributed by atoms with E-state index in [1.165, 1.54) is 0 Å². The Bertz CT molecular complexity index is 639. The van der Waals surface area contributed by atoms with Gasteiger partial charge in [-0.15, -0.1) is 0 Å². The van der Waals surface area contributed by atoms with E-state index in [0.717, 1.165) is 17.7 Å². The predicted molar refractivity (Wildman–Crippen MR) is 91.8 cm³/mol. The number of nitrogens with one attached hydrogen (secondary N) is 1. The molecule has 2 heterocycles. The Hall–Kier alpha value is -2.06. The van der Waals surface area contributed by atoms with Gasteiger partial charge in [0.2, 0.25) is 11.8 Å². The van der Waals surface area contributed by atoms with Crippen molar-refractivity contribution in [1.29, 1.82) is 0 Å². The van der Waals surface area contributed by atoms with Gasteiger partial charge in [0.05, 0.1) is 12.5 Å². The number of likely N-dealkylation sites (tertiary alicyclic amines) is 1. The second-order valence-corrected chi connectivity index (χ2v) is 6.60. The molecule has 1 fully saturated rings. The highest BCUT2D eigenvalue weighted by atomic mass is 16.5. The average Bonchev–Trinajstić information content (AvgIpc) is 3.19. The van der Waals surface area contributed by atoms with E-state index in [1.807, 2.05) is 24.3 Å². The van der Waals surface area contributed by atoms with Crippen molar-refractivity contribution in [2.45, 2.75) is 37.5 Å². The molecule has 0 spiro atoms. The molecular weight excluding hydrogens is 323 g/mol. The summed E-state index contributed by atoms with van der Waals surface area (Å²) in [6.45, 7) is 1.52. The molecule has 0 aromatic heterocycles. The first-order chi connectivity index (χ1) is 12.0. The van der Waals surface area contributed by atoms with Gasteiger partial charge in [-0.2, -0.15) is 0 Å². The van der Waals surface area contributed by atoms with Crippen LogP contribution in [-0.2, 0) is 9.59 Å². The maximum absolute atomic E-state index is 12.1. The van der Waals surface area contributed by atoms with Crippen LogP contribution in [0.1, 0.15) is 37.2 Å². The first-order valence-electron chi connectivity index (χ1n) is 8.69. The van der Waals surface area contributed by atoms with Gasteiger partial charge < -0.3 is 25.0 Å². The number of rotatable bonds is 7. The SMILES string of the molecule is O=C(CCN1CCCC1=O)NC(C[C@@H]1COc2ccccc21)B(O)O. The Balaban J connectivity index is 1.53. The molecule has 134 valence electrons. The number of para-hydroxylation sites is 1. The third-order valence-electron chi connectivity index (χ3n) is 4.82. The summed E-state index contributed by atoms with van der Waals surface area (Å²) in [5.41, 5.74) is 1.02. The van der Waals surface area contributed by atoms with Crippen molar-refractivity contribution in [3.8, 4) is 5.75 Å². The molecule has 1 aromatic rings. The molecular formula is C17H23BN2O5. The fraction of sp³-hybridized carbons (Fsp3) is 0.529. The number of carbonyl (C=O) groups excluding carboxylic acids is 2. The Morgan fingerprint density at radius 3 is 2.92 bits per heavy atom. The minimum Gasteiger partial charge on any atom is -0.493 e. The molecule has 1 aromatic carbocycles. The van der Waals surface area contributed by atoms with Crippen LogP contribution in [0.15, 0.2) is 24.3 Å². The largest absolute Gasteiger partial charge is 0.493 e. The van der Waals surface area contributed by atoms with Crippen LogP contribution in [0.25, 0.3) is 0 Å². The van der Waals surface area contributed by atoms with Crippen molar-refractivity contribution in [3.63, 3.8) is 0 Å². The highest BCUT2D eigenvalue weighted by Gasteiger charge is 2.33. The van der Waals surface area contributed by atoms with Crippen LogP contribution in [0.2, 0.25) is 0 Å². The van der Waals surface area contributed by atoms with E-state index in [0.29, 0.717) is 32.5 Å². The number of ether oxygens (including phenoxy) is 1. The van der Waals surface area contributed by atoms with E-state index in [9.17, 15) is 19.6 Å². The fourth-order valence-electron chi connectivity index (χ4n) is 3.44. The topological polar surface area (TPSA) is 99.1 Å². The molecule has 1 unspecified atom stereocenters. The number of nitrogens with zero attached hydrogens (tertiary/aromatic N) is 1. The van der Waals surface area contributed by atoms with Crippen LogP contribution >= 0.6 is 0 Å². The van der Waals surface area contributed by atoms with Crippen LogP contribution in [0.4, 0.5) is 0 Å². The number of carbonyl (C=O) groups is 2. The van der Waals surface area contributed by atoms with Gasteiger partial charge in [0.25, 0.3) is 0 Å². The summed E-state index contributed by atoms with van der Waals surface area (Å²) in [5.74, 6) is -0.182. The molecule has 8 heteroatoms. The average molecular weight is 346 g/mol. The lowest BCUT2D eigenvalue weighted by Gasteiger charge is -2.22. The highest BCUT2D eigenvalue weighted by Crippen LogP contribution is 2.36. The summed E-state index contributed by atoms with van der Waals surface area (Å²) in [7, 11) is -1.65. The number of amides is 2. The van der Waals surface area contributed by atoms with E-state index >= 15 is 0 Å². The van der Waals surface area contributed by atoms with Crippen molar-refractivity contribution in [3.05, 3.63) is 29.8 Å². The first kappa shape index (κ1) is 17.8. The smallest absolute Gasteiger partial charge is 0.475 e. The minimum absolute atomic E-state index is 0.00320. The van der Waals surface area contributed by atoms with Gasteiger partial charge in [0.1, 0.15) is 5.75 Å². The Morgan fingerprint density at radius 1 is 1.40 bits per heavy atom. The molecule has 2 atom stereocenters. The van der Waals surface area contributed by atoms with Gasteiger partial charge >= 0.3 is 7.12 Å². The van der Waals surface area contributed by atoms with Crippen molar-refractivity contribution >= 4 is 18.9 Å². The molecule has 3 N–H and O–H groups in total. The molecule has 1 saturated heterocycles. The second-order valence-electron chi connectivity index (χ2n) is 6.60. The molecule has 7 nitrogen and oxygen atoms in total. The number of fused-ring (bicyclic) bond motifs is 1. The van der Waals surface area contributed by atoms with Gasteiger partial charge in [-0.3, -0.25) is 9.59 Å². The van der Waals surface area contributed by atoms with E-state index in [4.69, 9.17) is 4.74 Å². The molecule has 0 radical (unpaired) electrons. The molecule has 0 saturated carbocycles. The van der Waals surface area contributed by atoms with Crippen LogP contribution in [0.5, 0.6) is 5.75 Å². The molecule has 2 amide bonds. The summed E-state index contributed by atoms with van der Waals surface area (Å²) < 4.78 is 5.60. The van der Waals surface area contributed by atoms with E-state index in [-0.39, 0.29) is 24.2 Å². The summed E-state index contributed by atoms with van der Waals surface area (Å²) in [4.78, 5) is 25.4. The Labute approximate surface area is 147 Å². The van der Waals surface area contributed by atoms with Gasteiger partial charge in [-0.05, 0) is 18.9 Å². The molecule has 0 bridgehead atoms. The Kier molecular flexibility index (Phi) is 5.60. The van der Waals surface area contributed by atoms with Gasteiger partial charge in [0.15, 0.2) is 0 Å². The van der Waals surface area contributed by atoms with Crippen molar-refractivity contribution in [2.75, 3.05) is 19.7 Å². The summed E-state index contributed by atoms with van der Waals surface area (Å²) in [5, 5.41) is 21.9.